The summed E-state index contributed by atoms with van der Waals surface area (Å²) in [7, 11) is 0. The lowest BCUT2D eigenvalue weighted by Crippen LogP contribution is -2.66. The molecule has 0 spiro atoms. The Bertz CT molecular complexity index is 1040. The van der Waals surface area contributed by atoms with Crippen molar-refractivity contribution in [2.24, 2.45) is 0 Å². The lowest BCUT2D eigenvalue weighted by molar-refractivity contribution is -0.255. The highest BCUT2D eigenvalue weighted by atomic mass is 16.7. The van der Waals surface area contributed by atoms with Gasteiger partial charge in [0.15, 0.2) is 24.5 Å². The van der Waals surface area contributed by atoms with Gasteiger partial charge in [-0.05, 0) is 31.2 Å². The van der Waals surface area contributed by atoms with Crippen molar-refractivity contribution in [3.63, 3.8) is 0 Å². The third-order valence-corrected chi connectivity index (χ3v) is 4.92. The first kappa shape index (κ1) is 30.0. The molecule has 0 unspecified atom stereocenters. The summed E-state index contributed by atoms with van der Waals surface area (Å²) in [5.74, 6) is -3.59. The number of benzene rings is 1. The Kier molecular flexibility index (Phi) is 11.0. The molecule has 0 radical (unpaired) electrons. The minimum absolute atomic E-state index is 0.206. The van der Waals surface area contributed by atoms with Gasteiger partial charge in [0, 0.05) is 33.4 Å². The van der Waals surface area contributed by atoms with Gasteiger partial charge < -0.3 is 39.1 Å². The molecule has 1 saturated heterocycles. The highest BCUT2D eigenvalue weighted by Gasteiger charge is 2.52. The summed E-state index contributed by atoms with van der Waals surface area (Å²) < 4.78 is 31.6. The summed E-state index contributed by atoms with van der Waals surface area (Å²) in [6.45, 7) is 5.85. The van der Waals surface area contributed by atoms with Crippen LogP contribution in [0, 0.1) is 0 Å². The molecule has 0 aliphatic carbocycles. The Morgan fingerprint density at radius 1 is 0.763 bits per heavy atom. The van der Waals surface area contributed by atoms with Gasteiger partial charge in [0.25, 0.3) is 0 Å². The third-order valence-electron chi connectivity index (χ3n) is 4.92. The van der Waals surface area contributed by atoms with Gasteiger partial charge in [-0.3, -0.25) is 19.2 Å². The Morgan fingerprint density at radius 2 is 1.32 bits per heavy atom. The lowest BCUT2D eigenvalue weighted by atomic mass is 9.97. The van der Waals surface area contributed by atoms with Gasteiger partial charge in [0.2, 0.25) is 0 Å². The molecule has 2 N–H and O–H groups in total. The number of esters is 5. The zero-order valence-electron chi connectivity index (χ0n) is 21.5. The van der Waals surface area contributed by atoms with Gasteiger partial charge in [-0.2, -0.15) is 0 Å². The van der Waals surface area contributed by atoms with Crippen molar-refractivity contribution in [3.05, 3.63) is 29.8 Å². The fourth-order valence-electron chi connectivity index (χ4n) is 3.55. The molecular weight excluding hydrogens is 508 g/mol. The molecule has 2 amide bonds. The first-order chi connectivity index (χ1) is 17.9. The van der Waals surface area contributed by atoms with Gasteiger partial charge in [-0.25, -0.2) is 9.59 Å². The largest absolute Gasteiger partial charge is 0.463 e. The fraction of sp³-hybridized carbons (Fsp3) is 0.500. The van der Waals surface area contributed by atoms with E-state index in [1.54, 1.807) is 6.92 Å². The predicted octanol–water partition coefficient (Wildman–Crippen LogP) is 1.07. The van der Waals surface area contributed by atoms with Crippen LogP contribution in [-0.2, 0) is 47.6 Å². The Labute approximate surface area is 218 Å². The summed E-state index contributed by atoms with van der Waals surface area (Å²) >= 11 is 0. The standard InChI is InChI=1S/C24H30N2O12/c1-6-33-23(31)16-7-9-17(10-8-16)25-24(32)26-22-21(37-15(5)30)20(36-14(4)29)19(35-13(3)28)18(38-22)11-34-12(2)27/h7-10,18-22H,6,11H2,1-5H3,(H2,25,26,32)/t18-,19+,20-,21-,22-/m1/s1. The molecule has 1 aromatic rings. The molecule has 2 rings (SSSR count). The van der Waals surface area contributed by atoms with Crippen molar-refractivity contribution >= 4 is 41.6 Å². The van der Waals surface area contributed by atoms with Crippen LogP contribution >= 0.6 is 0 Å². The molecule has 1 heterocycles. The van der Waals surface area contributed by atoms with E-state index in [4.69, 9.17) is 28.4 Å². The second-order valence-electron chi connectivity index (χ2n) is 8.02. The van der Waals surface area contributed by atoms with Crippen LogP contribution in [0.1, 0.15) is 45.0 Å². The van der Waals surface area contributed by atoms with Crippen LogP contribution in [0.25, 0.3) is 0 Å². The minimum atomic E-state index is -1.45. The Hall–Kier alpha value is -4.20. The fourth-order valence-corrected chi connectivity index (χ4v) is 3.55. The van der Waals surface area contributed by atoms with Crippen molar-refractivity contribution in [2.45, 2.75) is 65.3 Å². The zero-order chi connectivity index (χ0) is 28.4. The van der Waals surface area contributed by atoms with E-state index in [9.17, 15) is 28.8 Å². The second-order valence-corrected chi connectivity index (χ2v) is 8.02. The van der Waals surface area contributed by atoms with E-state index in [1.807, 2.05) is 0 Å². The number of carbonyl (C=O) groups excluding carboxylic acids is 6. The summed E-state index contributed by atoms with van der Waals surface area (Å²) in [5, 5.41) is 4.99. The number of amides is 2. The number of carbonyl (C=O) groups is 6. The number of ether oxygens (including phenoxy) is 6. The summed E-state index contributed by atoms with van der Waals surface area (Å²) in [5.41, 5.74) is 0.568. The first-order valence-corrected chi connectivity index (χ1v) is 11.6. The van der Waals surface area contributed by atoms with Crippen LogP contribution in [0.4, 0.5) is 10.5 Å². The number of anilines is 1. The van der Waals surface area contributed by atoms with E-state index in [0.29, 0.717) is 5.69 Å². The Morgan fingerprint density at radius 3 is 1.84 bits per heavy atom. The smallest absolute Gasteiger partial charge is 0.338 e. The van der Waals surface area contributed by atoms with Crippen LogP contribution in [0.2, 0.25) is 0 Å². The number of urea groups is 1. The van der Waals surface area contributed by atoms with E-state index in [2.05, 4.69) is 10.6 Å². The average Bonchev–Trinajstić information content (AvgIpc) is 2.81. The van der Waals surface area contributed by atoms with E-state index >= 15 is 0 Å². The monoisotopic (exact) mass is 538 g/mol. The van der Waals surface area contributed by atoms with Gasteiger partial charge in [-0.1, -0.05) is 0 Å². The van der Waals surface area contributed by atoms with Crippen molar-refractivity contribution < 1.29 is 57.2 Å². The summed E-state index contributed by atoms with van der Waals surface area (Å²) in [4.78, 5) is 71.5. The highest BCUT2D eigenvalue weighted by Crippen LogP contribution is 2.28. The molecule has 1 aliphatic heterocycles. The topological polar surface area (TPSA) is 182 Å². The van der Waals surface area contributed by atoms with Crippen LogP contribution in [0.3, 0.4) is 0 Å². The molecule has 1 aliphatic rings. The molecule has 38 heavy (non-hydrogen) atoms. The SMILES string of the molecule is CCOC(=O)c1ccc(NC(=O)N[C@@H]2O[C@H](COC(C)=O)[C@H](OC(C)=O)[C@@H](OC(C)=O)[C@H]2OC(C)=O)cc1. The second kappa shape index (κ2) is 13.9. The van der Waals surface area contributed by atoms with Gasteiger partial charge in [0.05, 0.1) is 12.2 Å². The number of hydrogen-bond donors (Lipinski definition) is 2. The first-order valence-electron chi connectivity index (χ1n) is 11.6. The molecule has 0 saturated carbocycles. The maximum Gasteiger partial charge on any atom is 0.338 e. The molecule has 14 heteroatoms. The van der Waals surface area contributed by atoms with E-state index in [-0.39, 0.29) is 12.2 Å². The summed E-state index contributed by atoms with van der Waals surface area (Å²) in [6.07, 6.45) is -6.88. The molecule has 0 aromatic heterocycles. The molecule has 0 bridgehead atoms. The van der Waals surface area contributed by atoms with E-state index in [1.165, 1.54) is 24.3 Å². The average molecular weight is 539 g/mol. The van der Waals surface area contributed by atoms with Gasteiger partial charge in [-0.15, -0.1) is 0 Å². The predicted molar refractivity (Wildman–Crippen MR) is 127 cm³/mol. The van der Waals surface area contributed by atoms with Crippen LogP contribution in [0.15, 0.2) is 24.3 Å². The molecular formula is C24H30N2O12. The zero-order valence-corrected chi connectivity index (χ0v) is 21.5. The third kappa shape index (κ3) is 9.03. The number of hydrogen-bond acceptors (Lipinski definition) is 12. The lowest BCUT2D eigenvalue weighted by Gasteiger charge is -2.44. The van der Waals surface area contributed by atoms with Gasteiger partial charge >= 0.3 is 35.9 Å². The highest BCUT2D eigenvalue weighted by molar-refractivity contribution is 5.92. The van der Waals surface area contributed by atoms with Crippen molar-refractivity contribution in [1.29, 1.82) is 0 Å². The maximum atomic E-state index is 12.8. The number of rotatable bonds is 9. The molecule has 5 atom stereocenters. The molecule has 1 fully saturated rings. The summed E-state index contributed by atoms with van der Waals surface area (Å²) in [6, 6.07) is 4.98. The molecule has 14 nitrogen and oxygen atoms in total. The Balaban J connectivity index is 2.30. The molecule has 1 aromatic carbocycles. The minimum Gasteiger partial charge on any atom is -0.463 e. The van der Waals surface area contributed by atoms with Crippen LogP contribution in [0.5, 0.6) is 0 Å². The van der Waals surface area contributed by atoms with Crippen molar-refractivity contribution in [2.75, 3.05) is 18.5 Å². The van der Waals surface area contributed by atoms with Crippen LogP contribution in [-0.4, -0.2) is 79.7 Å². The van der Waals surface area contributed by atoms with Crippen LogP contribution < -0.4 is 10.6 Å². The number of nitrogens with one attached hydrogen (secondary N) is 2. The molecule has 208 valence electrons. The van der Waals surface area contributed by atoms with E-state index < -0.39 is 73.1 Å². The van der Waals surface area contributed by atoms with Gasteiger partial charge in [0.1, 0.15) is 12.7 Å². The maximum absolute atomic E-state index is 12.8. The van der Waals surface area contributed by atoms with Crippen molar-refractivity contribution in [3.8, 4) is 0 Å². The quantitative estimate of drug-likeness (QED) is 0.337. The normalized spacial score (nSPS) is 22.3. The van der Waals surface area contributed by atoms with E-state index in [0.717, 1.165) is 27.7 Å². The van der Waals surface area contributed by atoms with Crippen molar-refractivity contribution in [1.82, 2.24) is 5.32 Å².